The summed E-state index contributed by atoms with van der Waals surface area (Å²) in [4.78, 5) is 4.55. The van der Waals surface area contributed by atoms with Crippen LogP contribution in [-0.4, -0.2) is 31.2 Å². The van der Waals surface area contributed by atoms with Gasteiger partial charge in [-0.1, -0.05) is 0 Å². The number of aryl methyl sites for hydroxylation is 2. The van der Waals surface area contributed by atoms with Crippen LogP contribution < -0.4 is 0 Å². The summed E-state index contributed by atoms with van der Waals surface area (Å²) in [6.45, 7) is 0. The molecule has 1 aromatic heterocycles. The van der Waals surface area contributed by atoms with E-state index in [1.807, 2.05) is 6.07 Å². The fourth-order valence-corrected chi connectivity index (χ4v) is 4.27. The summed E-state index contributed by atoms with van der Waals surface area (Å²) in [6.07, 6.45) is 5.46. The van der Waals surface area contributed by atoms with Crippen molar-refractivity contribution in [2.75, 3.05) is 17.8 Å². The fraction of sp³-hybridized carbons (Fsp3) is 0.538. The van der Waals surface area contributed by atoms with Crippen LogP contribution in [0.15, 0.2) is 11.1 Å². The molecule has 0 aromatic carbocycles. The summed E-state index contributed by atoms with van der Waals surface area (Å²) >= 11 is 1.36. The van der Waals surface area contributed by atoms with Crippen molar-refractivity contribution < 1.29 is 8.42 Å². The van der Waals surface area contributed by atoms with E-state index in [-0.39, 0.29) is 5.75 Å². The molecule has 0 N–H and O–H groups in total. The average Bonchev–Trinajstić information content (AvgIpc) is 2.36. The molecule has 0 radical (unpaired) electrons. The van der Waals surface area contributed by atoms with Gasteiger partial charge in [0.25, 0.3) is 0 Å². The molecule has 1 aromatic rings. The first-order valence-electron chi connectivity index (χ1n) is 6.23. The normalized spacial score (nSPS) is 14.7. The number of sulfone groups is 1. The van der Waals surface area contributed by atoms with Crippen molar-refractivity contribution >= 4 is 21.6 Å². The Morgan fingerprint density at radius 1 is 1.42 bits per heavy atom. The molecule has 0 saturated heterocycles. The number of pyridine rings is 1. The van der Waals surface area contributed by atoms with Crippen molar-refractivity contribution in [1.29, 1.82) is 5.26 Å². The van der Waals surface area contributed by atoms with Gasteiger partial charge in [-0.05, 0) is 37.3 Å². The first-order valence-corrected chi connectivity index (χ1v) is 9.27. The van der Waals surface area contributed by atoms with Crippen LogP contribution in [0.2, 0.25) is 0 Å². The topological polar surface area (TPSA) is 70.8 Å². The lowest BCUT2D eigenvalue weighted by Gasteiger charge is -2.16. The van der Waals surface area contributed by atoms with E-state index in [0.29, 0.717) is 16.3 Å². The standard InChI is InChI=1S/C13H16N2O2S2/c1-19(16,17)7-6-18-13-11(9-14)8-10-4-2-3-5-12(10)15-13/h8H,2-7H2,1H3. The highest BCUT2D eigenvalue weighted by atomic mass is 32.2. The van der Waals surface area contributed by atoms with Crippen LogP contribution in [-0.2, 0) is 22.7 Å². The molecule has 0 bridgehead atoms. The van der Waals surface area contributed by atoms with E-state index in [9.17, 15) is 8.42 Å². The van der Waals surface area contributed by atoms with Gasteiger partial charge in [-0.2, -0.15) is 5.26 Å². The summed E-state index contributed by atoms with van der Waals surface area (Å²) in [5, 5.41) is 9.83. The Labute approximate surface area is 118 Å². The largest absolute Gasteiger partial charge is 0.245 e. The summed E-state index contributed by atoms with van der Waals surface area (Å²) < 4.78 is 22.2. The predicted molar refractivity (Wildman–Crippen MR) is 76.0 cm³/mol. The van der Waals surface area contributed by atoms with E-state index < -0.39 is 9.84 Å². The summed E-state index contributed by atoms with van der Waals surface area (Å²) in [5.74, 6) is 0.556. The zero-order valence-electron chi connectivity index (χ0n) is 10.8. The van der Waals surface area contributed by atoms with Crippen LogP contribution in [0, 0.1) is 11.3 Å². The monoisotopic (exact) mass is 296 g/mol. The molecule has 102 valence electrons. The van der Waals surface area contributed by atoms with Crippen molar-refractivity contribution in [2.24, 2.45) is 0 Å². The SMILES string of the molecule is CS(=O)(=O)CCSc1nc2c(cc1C#N)CCCC2. The molecular formula is C13H16N2O2S2. The Morgan fingerprint density at radius 3 is 2.84 bits per heavy atom. The van der Waals surface area contributed by atoms with Gasteiger partial charge in [0, 0.05) is 17.7 Å². The van der Waals surface area contributed by atoms with Crippen molar-refractivity contribution in [2.45, 2.75) is 30.7 Å². The Hall–Kier alpha value is -1.06. The highest BCUT2D eigenvalue weighted by Crippen LogP contribution is 2.27. The molecule has 0 unspecified atom stereocenters. The van der Waals surface area contributed by atoms with E-state index in [0.717, 1.165) is 31.4 Å². The third kappa shape index (κ3) is 3.95. The lowest BCUT2D eigenvalue weighted by Crippen LogP contribution is -2.09. The molecule has 0 aliphatic heterocycles. The van der Waals surface area contributed by atoms with Gasteiger partial charge in [0.15, 0.2) is 0 Å². The first kappa shape index (κ1) is 14.4. The molecule has 0 saturated carbocycles. The minimum atomic E-state index is -2.96. The molecule has 1 aliphatic rings. The number of fused-ring (bicyclic) bond motifs is 1. The van der Waals surface area contributed by atoms with Gasteiger partial charge in [-0.3, -0.25) is 0 Å². The number of rotatable bonds is 4. The van der Waals surface area contributed by atoms with Crippen molar-refractivity contribution in [3.63, 3.8) is 0 Å². The minimum absolute atomic E-state index is 0.112. The molecule has 19 heavy (non-hydrogen) atoms. The predicted octanol–water partition coefficient (Wildman–Crippen LogP) is 1.97. The fourth-order valence-electron chi connectivity index (χ4n) is 2.09. The van der Waals surface area contributed by atoms with E-state index >= 15 is 0 Å². The van der Waals surface area contributed by atoms with Crippen LogP contribution in [0.5, 0.6) is 0 Å². The number of thioether (sulfide) groups is 1. The smallest absolute Gasteiger partial charge is 0.148 e. The Kier molecular flexibility index (Phi) is 4.48. The van der Waals surface area contributed by atoms with Gasteiger partial charge in [0.05, 0.1) is 11.3 Å². The van der Waals surface area contributed by atoms with E-state index in [1.165, 1.54) is 23.6 Å². The summed E-state index contributed by atoms with van der Waals surface area (Å²) in [5.41, 5.74) is 2.82. The molecule has 0 amide bonds. The third-order valence-corrected chi connectivity index (χ3v) is 5.28. The second-order valence-electron chi connectivity index (χ2n) is 4.74. The maximum absolute atomic E-state index is 11.1. The van der Waals surface area contributed by atoms with Crippen LogP contribution in [0.4, 0.5) is 0 Å². The van der Waals surface area contributed by atoms with Crippen molar-refractivity contribution in [1.82, 2.24) is 4.98 Å². The molecule has 4 nitrogen and oxygen atoms in total. The van der Waals surface area contributed by atoms with Crippen LogP contribution in [0.1, 0.15) is 29.7 Å². The van der Waals surface area contributed by atoms with Crippen LogP contribution in [0.3, 0.4) is 0 Å². The maximum atomic E-state index is 11.1. The van der Waals surface area contributed by atoms with E-state index in [2.05, 4.69) is 11.1 Å². The van der Waals surface area contributed by atoms with E-state index in [1.54, 1.807) is 0 Å². The summed E-state index contributed by atoms with van der Waals surface area (Å²) in [7, 11) is -2.96. The Balaban J connectivity index is 2.17. The third-order valence-electron chi connectivity index (χ3n) is 3.08. The minimum Gasteiger partial charge on any atom is -0.245 e. The molecule has 0 atom stereocenters. The molecule has 2 rings (SSSR count). The van der Waals surface area contributed by atoms with Crippen LogP contribution in [0.25, 0.3) is 0 Å². The van der Waals surface area contributed by atoms with Gasteiger partial charge in [0.2, 0.25) is 0 Å². The first-order chi connectivity index (χ1) is 8.99. The summed E-state index contributed by atoms with van der Waals surface area (Å²) in [6, 6.07) is 4.08. The highest BCUT2D eigenvalue weighted by molar-refractivity contribution is 8.00. The van der Waals surface area contributed by atoms with Crippen LogP contribution >= 0.6 is 11.8 Å². The molecular weight excluding hydrogens is 280 g/mol. The number of hydrogen-bond acceptors (Lipinski definition) is 5. The Morgan fingerprint density at radius 2 is 2.16 bits per heavy atom. The zero-order chi connectivity index (χ0) is 13.9. The Bertz CT molecular complexity index is 618. The molecule has 6 heteroatoms. The zero-order valence-corrected chi connectivity index (χ0v) is 12.5. The lowest BCUT2D eigenvalue weighted by atomic mass is 9.95. The number of nitrogens with zero attached hydrogens (tertiary/aromatic N) is 2. The second-order valence-corrected chi connectivity index (χ2v) is 8.09. The van der Waals surface area contributed by atoms with E-state index in [4.69, 9.17) is 5.26 Å². The molecule has 0 fully saturated rings. The van der Waals surface area contributed by atoms with Gasteiger partial charge in [-0.15, -0.1) is 11.8 Å². The van der Waals surface area contributed by atoms with Gasteiger partial charge in [0.1, 0.15) is 20.9 Å². The van der Waals surface area contributed by atoms with Gasteiger partial charge in [-0.25, -0.2) is 13.4 Å². The van der Waals surface area contributed by atoms with Gasteiger partial charge >= 0.3 is 0 Å². The molecule has 1 heterocycles. The quantitative estimate of drug-likeness (QED) is 0.794. The lowest BCUT2D eigenvalue weighted by molar-refractivity contribution is 0.603. The maximum Gasteiger partial charge on any atom is 0.148 e. The number of hydrogen-bond donors (Lipinski definition) is 0. The highest BCUT2D eigenvalue weighted by Gasteiger charge is 2.15. The second kappa shape index (κ2) is 5.93. The average molecular weight is 296 g/mol. The number of aromatic nitrogens is 1. The van der Waals surface area contributed by atoms with Crippen molar-refractivity contribution in [3.05, 3.63) is 22.9 Å². The molecule has 0 spiro atoms. The van der Waals surface area contributed by atoms with Crippen molar-refractivity contribution in [3.8, 4) is 6.07 Å². The molecule has 1 aliphatic carbocycles. The number of nitriles is 1. The van der Waals surface area contributed by atoms with Gasteiger partial charge < -0.3 is 0 Å².